The van der Waals surface area contributed by atoms with Crippen molar-refractivity contribution < 1.29 is 18.7 Å². The second-order valence-corrected chi connectivity index (χ2v) is 5.98. The zero-order valence-electron chi connectivity index (χ0n) is 13.7. The van der Waals surface area contributed by atoms with Crippen molar-refractivity contribution >= 4 is 5.91 Å². The monoisotopic (exact) mass is 344 g/mol. The third-order valence-electron chi connectivity index (χ3n) is 3.86. The lowest BCUT2D eigenvalue weighted by Crippen LogP contribution is -2.39. The molecule has 0 aliphatic carbocycles. The van der Waals surface area contributed by atoms with Crippen molar-refractivity contribution in [3.8, 4) is 6.07 Å². The highest BCUT2D eigenvalue weighted by molar-refractivity contribution is 5.76. The molecule has 1 atom stereocenters. The van der Waals surface area contributed by atoms with Gasteiger partial charge in [-0.05, 0) is 37.1 Å². The van der Waals surface area contributed by atoms with Gasteiger partial charge in [-0.2, -0.15) is 5.26 Å². The maximum Gasteiger partial charge on any atom is 0.220 e. The molecule has 25 heavy (non-hydrogen) atoms. The summed E-state index contributed by atoms with van der Waals surface area (Å²) in [7, 11) is 0. The second-order valence-electron chi connectivity index (χ2n) is 5.98. The zero-order chi connectivity index (χ0) is 18.4. The first-order valence-corrected chi connectivity index (χ1v) is 7.75. The molecule has 2 N–H and O–H groups in total. The number of nitriles is 1. The first kappa shape index (κ1) is 18.6. The summed E-state index contributed by atoms with van der Waals surface area (Å²) in [4.78, 5) is 11.9. The highest BCUT2D eigenvalue weighted by Gasteiger charge is 2.27. The lowest BCUT2D eigenvalue weighted by atomic mass is 9.95. The predicted octanol–water partition coefficient (Wildman–Crippen LogP) is 2.79. The molecule has 6 heteroatoms. The fourth-order valence-electron chi connectivity index (χ4n) is 2.38. The van der Waals surface area contributed by atoms with E-state index in [0.29, 0.717) is 18.1 Å². The minimum atomic E-state index is -1.65. The second kappa shape index (κ2) is 7.86. The van der Waals surface area contributed by atoms with Gasteiger partial charge in [0.25, 0.3) is 0 Å². The molecule has 0 fully saturated rings. The molecule has 1 amide bonds. The molecule has 0 aliphatic rings. The molecule has 130 valence electrons. The molecule has 0 spiro atoms. The molecule has 0 aromatic heterocycles. The summed E-state index contributed by atoms with van der Waals surface area (Å²) in [6.45, 7) is 1.16. The number of carbonyl (C=O) groups is 1. The van der Waals surface area contributed by atoms with E-state index >= 15 is 0 Å². The van der Waals surface area contributed by atoms with Gasteiger partial charge < -0.3 is 10.4 Å². The average molecular weight is 344 g/mol. The van der Waals surface area contributed by atoms with Crippen molar-refractivity contribution in [1.29, 1.82) is 5.26 Å². The van der Waals surface area contributed by atoms with Crippen LogP contribution < -0.4 is 5.32 Å². The molecule has 2 aromatic rings. The number of nitrogens with zero attached hydrogens (tertiary/aromatic N) is 1. The van der Waals surface area contributed by atoms with Gasteiger partial charge in [-0.15, -0.1) is 0 Å². The summed E-state index contributed by atoms with van der Waals surface area (Å²) in [5, 5.41) is 21.6. The third-order valence-corrected chi connectivity index (χ3v) is 3.86. The Morgan fingerprint density at radius 3 is 2.52 bits per heavy atom. The van der Waals surface area contributed by atoms with Gasteiger partial charge in [0.15, 0.2) is 0 Å². The Hall–Kier alpha value is -2.78. The van der Waals surface area contributed by atoms with Crippen LogP contribution in [0.5, 0.6) is 0 Å². The maximum atomic E-state index is 13.8. The first-order chi connectivity index (χ1) is 11.8. The van der Waals surface area contributed by atoms with Crippen LogP contribution in [0.2, 0.25) is 0 Å². The van der Waals surface area contributed by atoms with Gasteiger partial charge in [-0.3, -0.25) is 4.79 Å². The maximum absolute atomic E-state index is 13.8. The van der Waals surface area contributed by atoms with E-state index in [4.69, 9.17) is 5.26 Å². The van der Waals surface area contributed by atoms with Crippen LogP contribution in [0.15, 0.2) is 42.5 Å². The van der Waals surface area contributed by atoms with Crippen LogP contribution in [0.25, 0.3) is 0 Å². The van der Waals surface area contributed by atoms with Gasteiger partial charge in [0, 0.05) is 18.1 Å². The number of halogens is 2. The molecule has 1 unspecified atom stereocenters. The van der Waals surface area contributed by atoms with Gasteiger partial charge in [0.1, 0.15) is 17.2 Å². The molecular formula is C19H18F2N2O2. The molecule has 4 nitrogen and oxygen atoms in total. The van der Waals surface area contributed by atoms with E-state index < -0.39 is 17.2 Å². The third kappa shape index (κ3) is 5.10. The Morgan fingerprint density at radius 2 is 1.92 bits per heavy atom. The van der Waals surface area contributed by atoms with Crippen molar-refractivity contribution in [3.05, 3.63) is 70.8 Å². The summed E-state index contributed by atoms with van der Waals surface area (Å²) in [5.41, 5.74) is -0.278. The lowest BCUT2D eigenvalue weighted by Gasteiger charge is -2.24. The number of carbonyl (C=O) groups excluding carboxylic acids is 1. The van der Waals surface area contributed by atoms with E-state index in [1.807, 2.05) is 6.07 Å². The molecule has 2 aromatic carbocycles. The van der Waals surface area contributed by atoms with Crippen LogP contribution in [0.1, 0.15) is 30.0 Å². The van der Waals surface area contributed by atoms with Crippen molar-refractivity contribution in [1.82, 2.24) is 5.32 Å². The Bertz CT molecular complexity index is 796. The number of amides is 1. The molecule has 0 heterocycles. The molecule has 0 aliphatic heterocycles. The normalized spacial score (nSPS) is 12.9. The zero-order valence-corrected chi connectivity index (χ0v) is 13.7. The highest BCUT2D eigenvalue weighted by atomic mass is 19.1. The molecule has 0 saturated heterocycles. The van der Waals surface area contributed by atoms with E-state index in [1.54, 1.807) is 24.3 Å². The van der Waals surface area contributed by atoms with Gasteiger partial charge in [0.05, 0.1) is 18.2 Å². The quantitative estimate of drug-likeness (QED) is 0.846. The summed E-state index contributed by atoms with van der Waals surface area (Å²) in [6, 6.07) is 11.8. The van der Waals surface area contributed by atoms with Crippen LogP contribution in [0.4, 0.5) is 8.78 Å². The van der Waals surface area contributed by atoms with E-state index in [0.717, 1.165) is 17.7 Å². The molecular weight excluding hydrogens is 326 g/mol. The molecule has 0 radical (unpaired) electrons. The number of hydrogen-bond donors (Lipinski definition) is 2. The standard InChI is InChI=1S/C19H18F2N2O2/c1-19(25,16-8-7-15(20)10-17(16)21)12-23-18(24)9-6-13-2-4-14(11-22)5-3-13/h2-5,7-8,10,25H,6,9,12H2,1H3,(H,23,24). The van der Waals surface area contributed by atoms with Crippen LogP contribution in [0, 0.1) is 23.0 Å². The Balaban J connectivity index is 1.88. The topological polar surface area (TPSA) is 73.1 Å². The minimum Gasteiger partial charge on any atom is -0.383 e. The fraction of sp³-hybridized carbons (Fsp3) is 0.263. The van der Waals surface area contributed by atoms with Gasteiger partial charge >= 0.3 is 0 Å². The van der Waals surface area contributed by atoms with Gasteiger partial charge in [-0.1, -0.05) is 18.2 Å². The Morgan fingerprint density at radius 1 is 1.24 bits per heavy atom. The van der Waals surface area contributed by atoms with E-state index in [-0.39, 0.29) is 24.4 Å². The number of aryl methyl sites for hydroxylation is 1. The first-order valence-electron chi connectivity index (χ1n) is 7.75. The summed E-state index contributed by atoms with van der Waals surface area (Å²) >= 11 is 0. The number of hydrogen-bond acceptors (Lipinski definition) is 3. The largest absolute Gasteiger partial charge is 0.383 e. The van der Waals surface area contributed by atoms with Crippen LogP contribution in [-0.2, 0) is 16.8 Å². The number of nitrogens with one attached hydrogen (secondary N) is 1. The van der Waals surface area contributed by atoms with E-state index in [2.05, 4.69) is 5.32 Å². The molecule has 0 bridgehead atoms. The summed E-state index contributed by atoms with van der Waals surface area (Å²) < 4.78 is 26.7. The number of aliphatic hydroxyl groups is 1. The number of rotatable bonds is 6. The summed E-state index contributed by atoms with van der Waals surface area (Å²) in [5.74, 6) is -1.90. The SMILES string of the molecule is CC(O)(CNC(=O)CCc1ccc(C#N)cc1)c1ccc(F)cc1F. The van der Waals surface area contributed by atoms with Crippen LogP contribution in [0.3, 0.4) is 0 Å². The number of benzene rings is 2. The lowest BCUT2D eigenvalue weighted by molar-refractivity contribution is -0.122. The highest BCUT2D eigenvalue weighted by Crippen LogP contribution is 2.23. The van der Waals surface area contributed by atoms with E-state index in [9.17, 15) is 18.7 Å². The Labute approximate surface area is 144 Å². The fourth-order valence-corrected chi connectivity index (χ4v) is 2.38. The van der Waals surface area contributed by atoms with Crippen molar-refractivity contribution in [2.75, 3.05) is 6.54 Å². The van der Waals surface area contributed by atoms with Crippen LogP contribution in [-0.4, -0.2) is 17.6 Å². The smallest absolute Gasteiger partial charge is 0.220 e. The Kier molecular flexibility index (Phi) is 5.84. The summed E-state index contributed by atoms with van der Waals surface area (Å²) in [6.07, 6.45) is 0.665. The van der Waals surface area contributed by atoms with Gasteiger partial charge in [0.2, 0.25) is 5.91 Å². The van der Waals surface area contributed by atoms with Crippen molar-refractivity contribution in [2.45, 2.75) is 25.4 Å². The van der Waals surface area contributed by atoms with Crippen molar-refractivity contribution in [2.24, 2.45) is 0 Å². The molecule has 0 saturated carbocycles. The van der Waals surface area contributed by atoms with E-state index in [1.165, 1.54) is 6.92 Å². The van der Waals surface area contributed by atoms with Crippen LogP contribution >= 0.6 is 0 Å². The predicted molar refractivity (Wildman–Crippen MR) is 88.4 cm³/mol. The average Bonchev–Trinajstić information content (AvgIpc) is 2.58. The van der Waals surface area contributed by atoms with Gasteiger partial charge in [-0.25, -0.2) is 8.78 Å². The minimum absolute atomic E-state index is 0.0821. The van der Waals surface area contributed by atoms with Crippen molar-refractivity contribution in [3.63, 3.8) is 0 Å². The molecule has 2 rings (SSSR count).